The number of hydrogen-bond donors (Lipinski definition) is 1. The number of hydrogen-bond acceptors (Lipinski definition) is 6. The van der Waals surface area contributed by atoms with Gasteiger partial charge in [0.1, 0.15) is 17.4 Å². The van der Waals surface area contributed by atoms with Crippen LogP contribution >= 0.6 is 0 Å². The van der Waals surface area contributed by atoms with E-state index in [0.29, 0.717) is 22.3 Å². The molecule has 2 aromatic rings. The van der Waals surface area contributed by atoms with Crippen LogP contribution in [0.4, 0.5) is 0 Å². The third-order valence-corrected chi connectivity index (χ3v) is 4.21. The summed E-state index contributed by atoms with van der Waals surface area (Å²) in [6.07, 6.45) is 1.80. The predicted octanol–water partition coefficient (Wildman–Crippen LogP) is 1.41. The van der Waals surface area contributed by atoms with E-state index in [9.17, 15) is 14.4 Å². The Morgan fingerprint density at radius 2 is 2.04 bits per heavy atom. The average Bonchev–Trinajstić information content (AvgIpc) is 3.44. The third kappa shape index (κ3) is 3.81. The number of carbonyl (C=O) groups is 2. The van der Waals surface area contributed by atoms with Gasteiger partial charge in [-0.15, -0.1) is 0 Å². The molecule has 0 radical (unpaired) electrons. The highest BCUT2D eigenvalue weighted by Crippen LogP contribution is 2.29. The van der Waals surface area contributed by atoms with Crippen molar-refractivity contribution in [2.24, 2.45) is 5.92 Å². The first-order valence-corrected chi connectivity index (χ1v) is 8.01. The Balaban J connectivity index is 1.93. The molecule has 1 N–H and O–H groups in total. The van der Waals surface area contributed by atoms with E-state index in [0.717, 1.165) is 12.8 Å². The van der Waals surface area contributed by atoms with Crippen LogP contribution in [0.5, 0.6) is 5.75 Å². The molecule has 1 fully saturated rings. The molecule has 0 spiro atoms. The number of amides is 1. The Hall–Kier alpha value is -2.83. The van der Waals surface area contributed by atoms with E-state index in [1.54, 1.807) is 18.2 Å². The van der Waals surface area contributed by atoms with E-state index in [2.05, 4.69) is 5.32 Å². The van der Waals surface area contributed by atoms with Gasteiger partial charge in [0.2, 0.25) is 5.91 Å². The van der Waals surface area contributed by atoms with E-state index >= 15 is 0 Å². The number of esters is 1. The standard InChI is InChI=1S/C18H19NO6/c1-23-12-5-6-13-11(8-16(20)25-15(13)9-12)7-14(18(22)24-2)19-17(21)10-3-4-10/h5-6,8-10,14H,3-4,7H2,1-2H3,(H,19,21)/t14-/m1/s1. The Morgan fingerprint density at radius 3 is 2.68 bits per heavy atom. The molecule has 1 aliphatic carbocycles. The quantitative estimate of drug-likeness (QED) is 0.628. The first-order chi connectivity index (χ1) is 12.0. The summed E-state index contributed by atoms with van der Waals surface area (Å²) in [4.78, 5) is 35.9. The summed E-state index contributed by atoms with van der Waals surface area (Å²) in [6.45, 7) is 0. The summed E-state index contributed by atoms with van der Waals surface area (Å²) in [6, 6.07) is 5.57. The van der Waals surface area contributed by atoms with Crippen LogP contribution in [0.3, 0.4) is 0 Å². The Labute approximate surface area is 143 Å². The van der Waals surface area contributed by atoms with Gasteiger partial charge in [-0.2, -0.15) is 0 Å². The Bertz CT molecular complexity index is 867. The third-order valence-electron chi connectivity index (χ3n) is 4.21. The van der Waals surface area contributed by atoms with Crippen LogP contribution in [-0.2, 0) is 20.7 Å². The molecule has 132 valence electrons. The summed E-state index contributed by atoms with van der Waals surface area (Å²) in [5.74, 6) is -0.193. The van der Waals surface area contributed by atoms with Crippen molar-refractivity contribution in [1.82, 2.24) is 5.32 Å². The summed E-state index contributed by atoms with van der Waals surface area (Å²) in [5, 5.41) is 3.39. The number of nitrogens with one attached hydrogen (secondary N) is 1. The molecular formula is C18H19NO6. The van der Waals surface area contributed by atoms with Crippen molar-refractivity contribution in [2.75, 3.05) is 14.2 Å². The highest BCUT2D eigenvalue weighted by molar-refractivity contribution is 5.88. The molecule has 7 heteroatoms. The fourth-order valence-corrected chi connectivity index (χ4v) is 2.70. The maximum Gasteiger partial charge on any atom is 0.336 e. The molecule has 7 nitrogen and oxygen atoms in total. The van der Waals surface area contributed by atoms with Gasteiger partial charge in [0, 0.05) is 29.9 Å². The molecule has 1 amide bonds. The number of rotatable bonds is 6. The van der Waals surface area contributed by atoms with Crippen LogP contribution in [0.2, 0.25) is 0 Å². The largest absolute Gasteiger partial charge is 0.497 e. The Kier molecular flexibility index (Phi) is 4.74. The van der Waals surface area contributed by atoms with Crippen molar-refractivity contribution in [3.05, 3.63) is 40.2 Å². The van der Waals surface area contributed by atoms with Gasteiger partial charge in [-0.05, 0) is 30.5 Å². The topological polar surface area (TPSA) is 94.8 Å². The van der Waals surface area contributed by atoms with E-state index in [-0.39, 0.29) is 18.2 Å². The van der Waals surface area contributed by atoms with Gasteiger partial charge in [0.05, 0.1) is 14.2 Å². The molecule has 1 aliphatic rings. The molecule has 25 heavy (non-hydrogen) atoms. The second-order valence-electron chi connectivity index (χ2n) is 6.02. The fraction of sp³-hybridized carbons (Fsp3) is 0.389. The average molecular weight is 345 g/mol. The van der Waals surface area contributed by atoms with Gasteiger partial charge >= 0.3 is 11.6 Å². The van der Waals surface area contributed by atoms with E-state index in [1.807, 2.05) is 0 Å². The molecule has 0 saturated heterocycles. The van der Waals surface area contributed by atoms with Crippen LogP contribution in [0.1, 0.15) is 18.4 Å². The molecular weight excluding hydrogens is 326 g/mol. The smallest absolute Gasteiger partial charge is 0.336 e. The van der Waals surface area contributed by atoms with Crippen LogP contribution < -0.4 is 15.7 Å². The zero-order valence-electron chi connectivity index (χ0n) is 14.0. The maximum atomic E-state index is 12.1. The number of methoxy groups -OCH3 is 2. The molecule has 3 rings (SSSR count). The zero-order valence-corrected chi connectivity index (χ0v) is 14.0. The lowest BCUT2D eigenvalue weighted by molar-refractivity contribution is -0.145. The highest BCUT2D eigenvalue weighted by Gasteiger charge is 2.33. The van der Waals surface area contributed by atoms with E-state index < -0.39 is 17.6 Å². The minimum Gasteiger partial charge on any atom is -0.497 e. The van der Waals surface area contributed by atoms with Crippen molar-refractivity contribution in [3.8, 4) is 5.75 Å². The number of ether oxygens (including phenoxy) is 2. The first kappa shape index (κ1) is 17.0. The second kappa shape index (κ2) is 6.96. The summed E-state index contributed by atoms with van der Waals surface area (Å²) in [5.41, 5.74) is 0.423. The lowest BCUT2D eigenvalue weighted by atomic mass is 10.0. The maximum absolute atomic E-state index is 12.1. The molecule has 0 unspecified atom stereocenters. The van der Waals surface area contributed by atoms with Gasteiger partial charge in [-0.1, -0.05) is 0 Å². The molecule has 1 atom stereocenters. The molecule has 1 saturated carbocycles. The van der Waals surface area contributed by atoms with Crippen LogP contribution in [-0.4, -0.2) is 32.1 Å². The van der Waals surface area contributed by atoms with Crippen molar-refractivity contribution < 1.29 is 23.5 Å². The molecule has 1 aromatic carbocycles. The lowest BCUT2D eigenvalue weighted by Gasteiger charge is -2.17. The minimum absolute atomic E-state index is 0.0333. The normalized spacial score (nSPS) is 14.8. The lowest BCUT2D eigenvalue weighted by Crippen LogP contribution is -2.43. The van der Waals surface area contributed by atoms with Crippen LogP contribution in [0, 0.1) is 5.92 Å². The van der Waals surface area contributed by atoms with Crippen LogP contribution in [0.25, 0.3) is 11.0 Å². The van der Waals surface area contributed by atoms with Gasteiger partial charge in [-0.3, -0.25) is 4.79 Å². The number of carbonyl (C=O) groups excluding carboxylic acids is 2. The second-order valence-corrected chi connectivity index (χ2v) is 6.02. The molecule has 0 aliphatic heterocycles. The van der Waals surface area contributed by atoms with Crippen molar-refractivity contribution in [2.45, 2.75) is 25.3 Å². The van der Waals surface area contributed by atoms with Crippen molar-refractivity contribution in [1.29, 1.82) is 0 Å². The van der Waals surface area contributed by atoms with Gasteiger partial charge in [-0.25, -0.2) is 9.59 Å². The summed E-state index contributed by atoms with van der Waals surface area (Å²) >= 11 is 0. The van der Waals surface area contributed by atoms with Crippen LogP contribution in [0.15, 0.2) is 33.5 Å². The monoisotopic (exact) mass is 345 g/mol. The van der Waals surface area contributed by atoms with E-state index in [4.69, 9.17) is 13.9 Å². The van der Waals surface area contributed by atoms with Crippen molar-refractivity contribution in [3.63, 3.8) is 0 Å². The zero-order chi connectivity index (χ0) is 18.0. The fourth-order valence-electron chi connectivity index (χ4n) is 2.70. The SMILES string of the molecule is COC(=O)[C@@H](Cc1cc(=O)oc2cc(OC)ccc12)NC(=O)C1CC1. The molecule has 0 bridgehead atoms. The number of benzene rings is 1. The van der Waals surface area contributed by atoms with E-state index in [1.165, 1.54) is 20.3 Å². The Morgan fingerprint density at radius 1 is 1.28 bits per heavy atom. The summed E-state index contributed by atoms with van der Waals surface area (Å²) < 4.78 is 15.1. The highest BCUT2D eigenvalue weighted by atomic mass is 16.5. The summed E-state index contributed by atoms with van der Waals surface area (Å²) in [7, 11) is 2.78. The molecule has 1 heterocycles. The van der Waals surface area contributed by atoms with Gasteiger partial charge in [0.25, 0.3) is 0 Å². The predicted molar refractivity (Wildman–Crippen MR) is 89.4 cm³/mol. The minimum atomic E-state index is -0.856. The van der Waals surface area contributed by atoms with Gasteiger partial charge in [0.15, 0.2) is 0 Å². The van der Waals surface area contributed by atoms with Gasteiger partial charge < -0.3 is 19.2 Å². The first-order valence-electron chi connectivity index (χ1n) is 8.01. The molecule has 1 aromatic heterocycles. The number of fused-ring (bicyclic) bond motifs is 1. The van der Waals surface area contributed by atoms with Crippen molar-refractivity contribution >= 4 is 22.8 Å².